The van der Waals surface area contributed by atoms with E-state index in [4.69, 9.17) is 23.2 Å². The van der Waals surface area contributed by atoms with Gasteiger partial charge in [-0.25, -0.2) is 9.37 Å². The van der Waals surface area contributed by atoms with E-state index < -0.39 is 5.82 Å². The predicted molar refractivity (Wildman–Crippen MR) is 66.2 cm³/mol. The Hall–Kier alpha value is -1.72. The van der Waals surface area contributed by atoms with E-state index in [2.05, 4.69) is 15.2 Å². The van der Waals surface area contributed by atoms with Gasteiger partial charge in [0.2, 0.25) is 0 Å². The second-order valence-corrected chi connectivity index (χ2v) is 4.41. The molecule has 0 unspecified atom stereocenters. The summed E-state index contributed by atoms with van der Waals surface area (Å²) in [6.45, 7) is 0. The SMILES string of the molecule is Fc1ccc(Cl)cc1-c1nnc2cc(Cl)ncn12. The minimum Gasteiger partial charge on any atom is -0.265 e. The van der Waals surface area contributed by atoms with Crippen molar-refractivity contribution in [3.8, 4) is 11.4 Å². The zero-order chi connectivity index (χ0) is 12.7. The maximum atomic E-state index is 13.8. The van der Waals surface area contributed by atoms with Crippen molar-refractivity contribution in [2.45, 2.75) is 0 Å². The highest BCUT2D eigenvalue weighted by atomic mass is 35.5. The van der Waals surface area contributed by atoms with Gasteiger partial charge < -0.3 is 0 Å². The molecule has 3 rings (SSSR count). The van der Waals surface area contributed by atoms with Gasteiger partial charge in [-0.3, -0.25) is 4.40 Å². The smallest absolute Gasteiger partial charge is 0.172 e. The van der Waals surface area contributed by atoms with E-state index in [9.17, 15) is 4.39 Å². The maximum absolute atomic E-state index is 13.8. The highest BCUT2D eigenvalue weighted by Crippen LogP contribution is 2.25. The monoisotopic (exact) mass is 282 g/mol. The summed E-state index contributed by atoms with van der Waals surface area (Å²) >= 11 is 11.6. The molecule has 4 nitrogen and oxygen atoms in total. The molecular weight excluding hydrogens is 278 g/mol. The van der Waals surface area contributed by atoms with Crippen molar-refractivity contribution in [2.24, 2.45) is 0 Å². The van der Waals surface area contributed by atoms with Crippen molar-refractivity contribution in [1.29, 1.82) is 0 Å². The number of halogens is 3. The number of benzene rings is 1. The Morgan fingerprint density at radius 3 is 2.78 bits per heavy atom. The summed E-state index contributed by atoms with van der Waals surface area (Å²) < 4.78 is 15.3. The highest BCUT2D eigenvalue weighted by Gasteiger charge is 2.13. The molecule has 0 aliphatic carbocycles. The molecule has 3 aromatic rings. The van der Waals surface area contributed by atoms with Crippen LogP contribution in [-0.4, -0.2) is 19.6 Å². The normalized spacial score (nSPS) is 11.1. The lowest BCUT2D eigenvalue weighted by Crippen LogP contribution is -1.93. The van der Waals surface area contributed by atoms with Gasteiger partial charge in [-0.05, 0) is 18.2 Å². The van der Waals surface area contributed by atoms with Crippen molar-refractivity contribution in [1.82, 2.24) is 19.6 Å². The van der Waals surface area contributed by atoms with E-state index in [1.807, 2.05) is 0 Å². The lowest BCUT2D eigenvalue weighted by Gasteiger charge is -2.02. The molecule has 0 saturated carbocycles. The van der Waals surface area contributed by atoms with Gasteiger partial charge in [-0.1, -0.05) is 23.2 Å². The van der Waals surface area contributed by atoms with Gasteiger partial charge in [-0.15, -0.1) is 10.2 Å². The fourth-order valence-electron chi connectivity index (χ4n) is 1.62. The second-order valence-electron chi connectivity index (χ2n) is 3.59. The largest absolute Gasteiger partial charge is 0.265 e. The Labute approximate surface area is 111 Å². The molecule has 0 spiro atoms. The molecule has 90 valence electrons. The molecule has 18 heavy (non-hydrogen) atoms. The Kier molecular flexibility index (Phi) is 2.65. The van der Waals surface area contributed by atoms with E-state index in [1.54, 1.807) is 10.5 Å². The summed E-state index contributed by atoms with van der Waals surface area (Å²) in [6, 6.07) is 5.78. The van der Waals surface area contributed by atoms with Gasteiger partial charge >= 0.3 is 0 Å². The molecule has 0 fully saturated rings. The molecule has 0 N–H and O–H groups in total. The summed E-state index contributed by atoms with van der Waals surface area (Å²) in [4.78, 5) is 3.91. The topological polar surface area (TPSA) is 43.1 Å². The third kappa shape index (κ3) is 1.81. The molecule has 0 aliphatic heterocycles. The van der Waals surface area contributed by atoms with Crippen LogP contribution in [0, 0.1) is 5.82 Å². The Bertz CT molecular complexity index is 741. The van der Waals surface area contributed by atoms with Gasteiger partial charge in [0.15, 0.2) is 11.5 Å². The number of fused-ring (bicyclic) bond motifs is 1. The summed E-state index contributed by atoms with van der Waals surface area (Å²) in [7, 11) is 0. The van der Waals surface area contributed by atoms with E-state index in [-0.39, 0.29) is 5.56 Å². The molecule has 7 heteroatoms. The lowest BCUT2D eigenvalue weighted by atomic mass is 10.2. The Balaban J connectivity index is 2.28. The van der Waals surface area contributed by atoms with Crippen LogP contribution in [0.15, 0.2) is 30.6 Å². The second kappa shape index (κ2) is 4.19. The first-order chi connectivity index (χ1) is 8.65. The molecule has 0 radical (unpaired) electrons. The van der Waals surface area contributed by atoms with Crippen molar-refractivity contribution in [2.75, 3.05) is 0 Å². The molecule has 0 saturated heterocycles. The summed E-state index contributed by atoms with van der Waals surface area (Å²) in [5.74, 6) is -0.0992. The first kappa shape index (κ1) is 11.4. The van der Waals surface area contributed by atoms with E-state index in [1.165, 1.54) is 24.5 Å². The average Bonchev–Trinajstić information content (AvgIpc) is 2.75. The van der Waals surface area contributed by atoms with Crippen LogP contribution in [0.4, 0.5) is 4.39 Å². The standard InChI is InChI=1S/C11H5Cl2FN4/c12-6-1-2-8(14)7(3-6)11-17-16-10-4-9(13)15-5-18(10)11/h1-5H. The minimum absolute atomic E-state index is 0.263. The zero-order valence-corrected chi connectivity index (χ0v) is 10.3. The van der Waals surface area contributed by atoms with E-state index in [0.717, 1.165) is 0 Å². The number of hydrogen-bond acceptors (Lipinski definition) is 3. The number of rotatable bonds is 1. The van der Waals surface area contributed by atoms with Gasteiger partial charge in [-0.2, -0.15) is 0 Å². The van der Waals surface area contributed by atoms with E-state index >= 15 is 0 Å². The number of aromatic nitrogens is 4. The lowest BCUT2D eigenvalue weighted by molar-refractivity contribution is 0.629. The predicted octanol–water partition coefficient (Wildman–Crippen LogP) is 3.24. The van der Waals surface area contributed by atoms with Crippen LogP contribution in [0.3, 0.4) is 0 Å². The highest BCUT2D eigenvalue weighted by molar-refractivity contribution is 6.30. The molecule has 0 atom stereocenters. The van der Waals surface area contributed by atoms with Crippen LogP contribution >= 0.6 is 23.2 Å². The molecule has 0 amide bonds. The first-order valence-corrected chi connectivity index (χ1v) is 5.72. The van der Waals surface area contributed by atoms with Crippen molar-refractivity contribution in [3.63, 3.8) is 0 Å². The van der Waals surface area contributed by atoms with Gasteiger partial charge in [0.05, 0.1) is 5.56 Å². The summed E-state index contributed by atoms with van der Waals surface area (Å²) in [5, 5.41) is 8.55. The zero-order valence-electron chi connectivity index (χ0n) is 8.81. The maximum Gasteiger partial charge on any atom is 0.172 e. The van der Waals surface area contributed by atoms with Crippen LogP contribution in [0.5, 0.6) is 0 Å². The van der Waals surface area contributed by atoms with Crippen LogP contribution in [0.2, 0.25) is 10.2 Å². The molecule has 0 aliphatic rings. The average molecular weight is 283 g/mol. The first-order valence-electron chi connectivity index (χ1n) is 4.97. The molecule has 0 bridgehead atoms. The van der Waals surface area contributed by atoms with Gasteiger partial charge in [0.25, 0.3) is 0 Å². The van der Waals surface area contributed by atoms with Crippen LogP contribution in [0.25, 0.3) is 17.0 Å². The van der Waals surface area contributed by atoms with Gasteiger partial charge in [0, 0.05) is 11.1 Å². The van der Waals surface area contributed by atoms with Crippen molar-refractivity contribution in [3.05, 3.63) is 46.6 Å². The van der Waals surface area contributed by atoms with Crippen LogP contribution < -0.4 is 0 Å². The minimum atomic E-state index is -0.427. The quantitative estimate of drug-likeness (QED) is 0.644. The molecular formula is C11H5Cl2FN4. The fraction of sp³-hybridized carbons (Fsp3) is 0. The summed E-state index contributed by atoms with van der Waals surface area (Å²) in [5.41, 5.74) is 0.753. The Morgan fingerprint density at radius 2 is 1.94 bits per heavy atom. The molecule has 1 aromatic carbocycles. The third-order valence-corrected chi connectivity index (χ3v) is 2.88. The number of hydrogen-bond donors (Lipinski definition) is 0. The van der Waals surface area contributed by atoms with Crippen LogP contribution in [0.1, 0.15) is 0 Å². The van der Waals surface area contributed by atoms with Crippen molar-refractivity contribution < 1.29 is 4.39 Å². The number of nitrogens with zero attached hydrogens (tertiary/aromatic N) is 4. The Morgan fingerprint density at radius 1 is 1.11 bits per heavy atom. The molecule has 2 aromatic heterocycles. The fourth-order valence-corrected chi connectivity index (χ4v) is 1.94. The van der Waals surface area contributed by atoms with E-state index in [0.29, 0.717) is 21.6 Å². The van der Waals surface area contributed by atoms with Crippen molar-refractivity contribution >= 4 is 28.8 Å². The molecule has 2 heterocycles. The van der Waals surface area contributed by atoms with Gasteiger partial charge in [0.1, 0.15) is 17.3 Å². The summed E-state index contributed by atoms with van der Waals surface area (Å²) in [6.07, 6.45) is 1.44. The van der Waals surface area contributed by atoms with Crippen LogP contribution in [-0.2, 0) is 0 Å². The third-order valence-electron chi connectivity index (χ3n) is 2.44.